The van der Waals surface area contributed by atoms with Gasteiger partial charge in [0.05, 0.1) is 4.92 Å². The second-order valence-corrected chi connectivity index (χ2v) is 4.11. The quantitative estimate of drug-likeness (QED) is 0.673. The first-order valence-corrected chi connectivity index (χ1v) is 5.81. The van der Waals surface area contributed by atoms with E-state index in [1.54, 1.807) is 25.1 Å². The summed E-state index contributed by atoms with van der Waals surface area (Å²) in [7, 11) is 0. The summed E-state index contributed by atoms with van der Waals surface area (Å²) in [5, 5.41) is 22.5. The third-order valence-electron chi connectivity index (χ3n) is 2.54. The largest absolute Gasteiger partial charge is 0.350 e. The summed E-state index contributed by atoms with van der Waals surface area (Å²) in [6.45, 7) is 2.11. The number of nitro groups is 1. The SMILES string of the molecule is Cc1cc(C#N)nc(NCc2cccc([N+](=O)[O-])c2)n1. The lowest BCUT2D eigenvalue weighted by Gasteiger charge is -2.06. The topological polar surface area (TPSA) is 105 Å². The fourth-order valence-electron chi connectivity index (χ4n) is 1.67. The Balaban J connectivity index is 2.13. The van der Waals surface area contributed by atoms with Crippen LogP contribution in [0, 0.1) is 28.4 Å². The molecule has 0 bridgehead atoms. The maximum atomic E-state index is 10.7. The highest BCUT2D eigenvalue weighted by atomic mass is 16.6. The number of nitrogens with one attached hydrogen (secondary N) is 1. The minimum atomic E-state index is -0.444. The molecule has 0 aliphatic heterocycles. The molecule has 0 amide bonds. The van der Waals surface area contributed by atoms with Crippen LogP contribution in [0.1, 0.15) is 17.0 Å². The molecule has 0 aliphatic rings. The van der Waals surface area contributed by atoms with E-state index in [0.717, 1.165) is 5.56 Å². The van der Waals surface area contributed by atoms with Gasteiger partial charge in [0.25, 0.3) is 5.69 Å². The Morgan fingerprint density at radius 2 is 2.20 bits per heavy atom. The van der Waals surface area contributed by atoms with Crippen LogP contribution in [0.5, 0.6) is 0 Å². The maximum Gasteiger partial charge on any atom is 0.269 e. The number of nitro benzene ring substituents is 1. The molecule has 1 aromatic heterocycles. The molecular formula is C13H11N5O2. The lowest BCUT2D eigenvalue weighted by atomic mass is 10.2. The zero-order chi connectivity index (χ0) is 14.5. The van der Waals surface area contributed by atoms with Crippen molar-refractivity contribution in [2.45, 2.75) is 13.5 Å². The second kappa shape index (κ2) is 5.75. The van der Waals surface area contributed by atoms with Crippen LogP contribution >= 0.6 is 0 Å². The molecule has 0 spiro atoms. The summed E-state index contributed by atoms with van der Waals surface area (Å²) < 4.78 is 0. The van der Waals surface area contributed by atoms with E-state index in [2.05, 4.69) is 15.3 Å². The average Bonchev–Trinajstić information content (AvgIpc) is 2.44. The first-order valence-electron chi connectivity index (χ1n) is 5.81. The van der Waals surface area contributed by atoms with Gasteiger partial charge in [-0.2, -0.15) is 5.26 Å². The summed E-state index contributed by atoms with van der Waals surface area (Å²) >= 11 is 0. The molecule has 1 N–H and O–H groups in total. The van der Waals surface area contributed by atoms with Gasteiger partial charge in [-0.05, 0) is 18.6 Å². The van der Waals surface area contributed by atoms with Crippen molar-refractivity contribution in [1.29, 1.82) is 5.26 Å². The maximum absolute atomic E-state index is 10.7. The van der Waals surface area contributed by atoms with Gasteiger partial charge in [-0.3, -0.25) is 10.1 Å². The molecular weight excluding hydrogens is 258 g/mol. The minimum Gasteiger partial charge on any atom is -0.350 e. The van der Waals surface area contributed by atoms with Crippen LogP contribution in [0.15, 0.2) is 30.3 Å². The van der Waals surface area contributed by atoms with Crippen molar-refractivity contribution in [3.8, 4) is 6.07 Å². The monoisotopic (exact) mass is 269 g/mol. The third-order valence-corrected chi connectivity index (χ3v) is 2.54. The van der Waals surface area contributed by atoms with E-state index in [0.29, 0.717) is 18.2 Å². The molecule has 0 saturated carbocycles. The molecule has 2 aromatic rings. The second-order valence-electron chi connectivity index (χ2n) is 4.11. The van der Waals surface area contributed by atoms with E-state index in [-0.39, 0.29) is 11.4 Å². The summed E-state index contributed by atoms with van der Waals surface area (Å²) in [4.78, 5) is 18.4. The number of non-ortho nitro benzene ring substituents is 1. The number of benzene rings is 1. The molecule has 7 nitrogen and oxygen atoms in total. The molecule has 0 radical (unpaired) electrons. The summed E-state index contributed by atoms with van der Waals surface area (Å²) in [6, 6.07) is 9.83. The number of anilines is 1. The summed E-state index contributed by atoms with van der Waals surface area (Å²) in [5.74, 6) is 0.327. The van der Waals surface area contributed by atoms with Crippen molar-refractivity contribution in [3.05, 3.63) is 57.4 Å². The normalized spacial score (nSPS) is 9.80. The van der Waals surface area contributed by atoms with Crippen molar-refractivity contribution in [1.82, 2.24) is 9.97 Å². The van der Waals surface area contributed by atoms with Gasteiger partial charge in [0.2, 0.25) is 5.95 Å². The number of aryl methyl sites for hydroxylation is 1. The van der Waals surface area contributed by atoms with Crippen molar-refractivity contribution >= 4 is 11.6 Å². The fourth-order valence-corrected chi connectivity index (χ4v) is 1.67. The standard InChI is InChI=1S/C13H11N5O2/c1-9-5-11(7-14)17-13(16-9)15-8-10-3-2-4-12(6-10)18(19)20/h2-6H,8H2,1H3,(H,15,16,17). The predicted molar refractivity (Wildman–Crippen MR) is 71.9 cm³/mol. The Labute approximate surface area is 115 Å². The van der Waals surface area contributed by atoms with Crippen molar-refractivity contribution < 1.29 is 4.92 Å². The van der Waals surface area contributed by atoms with E-state index in [1.807, 2.05) is 6.07 Å². The Kier molecular flexibility index (Phi) is 3.86. The minimum absolute atomic E-state index is 0.0344. The Morgan fingerprint density at radius 3 is 2.90 bits per heavy atom. The molecule has 0 unspecified atom stereocenters. The van der Waals surface area contributed by atoms with Gasteiger partial charge >= 0.3 is 0 Å². The van der Waals surface area contributed by atoms with Crippen LogP contribution in [0.2, 0.25) is 0 Å². The van der Waals surface area contributed by atoms with Gasteiger partial charge in [0, 0.05) is 24.4 Å². The lowest BCUT2D eigenvalue weighted by Crippen LogP contribution is -2.05. The molecule has 0 atom stereocenters. The summed E-state index contributed by atoms with van der Waals surface area (Å²) in [6.07, 6.45) is 0. The van der Waals surface area contributed by atoms with Crippen molar-refractivity contribution in [3.63, 3.8) is 0 Å². The Morgan fingerprint density at radius 1 is 1.40 bits per heavy atom. The first-order chi connectivity index (χ1) is 9.58. The molecule has 0 fully saturated rings. The highest BCUT2D eigenvalue weighted by molar-refractivity contribution is 5.38. The van der Waals surface area contributed by atoms with Gasteiger partial charge in [-0.25, -0.2) is 9.97 Å². The molecule has 0 aliphatic carbocycles. The molecule has 100 valence electrons. The van der Waals surface area contributed by atoms with Gasteiger partial charge in [-0.15, -0.1) is 0 Å². The van der Waals surface area contributed by atoms with E-state index in [4.69, 9.17) is 5.26 Å². The zero-order valence-corrected chi connectivity index (χ0v) is 10.7. The van der Waals surface area contributed by atoms with Gasteiger partial charge in [0.1, 0.15) is 11.8 Å². The Bertz CT molecular complexity index is 693. The van der Waals surface area contributed by atoms with Crippen LogP contribution in [0.25, 0.3) is 0 Å². The predicted octanol–water partition coefficient (Wildman–Crippen LogP) is 2.18. The van der Waals surface area contributed by atoms with Gasteiger partial charge in [0.15, 0.2) is 0 Å². The molecule has 1 aromatic carbocycles. The number of nitriles is 1. The van der Waals surface area contributed by atoms with E-state index in [1.165, 1.54) is 12.1 Å². The van der Waals surface area contributed by atoms with Crippen LogP contribution in [-0.2, 0) is 6.54 Å². The number of rotatable bonds is 4. The van der Waals surface area contributed by atoms with Crippen LogP contribution in [-0.4, -0.2) is 14.9 Å². The molecule has 2 rings (SSSR count). The van der Waals surface area contributed by atoms with Crippen molar-refractivity contribution in [2.75, 3.05) is 5.32 Å². The molecule has 7 heteroatoms. The highest BCUT2D eigenvalue weighted by Crippen LogP contribution is 2.14. The highest BCUT2D eigenvalue weighted by Gasteiger charge is 2.06. The number of aromatic nitrogens is 2. The van der Waals surface area contributed by atoms with E-state index in [9.17, 15) is 10.1 Å². The fraction of sp³-hybridized carbons (Fsp3) is 0.154. The molecule has 20 heavy (non-hydrogen) atoms. The van der Waals surface area contributed by atoms with E-state index >= 15 is 0 Å². The average molecular weight is 269 g/mol. The molecule has 1 heterocycles. The number of hydrogen-bond acceptors (Lipinski definition) is 6. The summed E-state index contributed by atoms with van der Waals surface area (Å²) in [5.41, 5.74) is 1.73. The number of nitrogens with zero attached hydrogens (tertiary/aromatic N) is 4. The van der Waals surface area contributed by atoms with Crippen LogP contribution < -0.4 is 5.32 Å². The lowest BCUT2D eigenvalue weighted by molar-refractivity contribution is -0.384. The van der Waals surface area contributed by atoms with Gasteiger partial charge < -0.3 is 5.32 Å². The molecule has 0 saturated heterocycles. The first kappa shape index (κ1) is 13.4. The number of hydrogen-bond donors (Lipinski definition) is 1. The van der Waals surface area contributed by atoms with E-state index < -0.39 is 4.92 Å². The third kappa shape index (κ3) is 3.26. The Hall–Kier alpha value is -3.01. The zero-order valence-electron chi connectivity index (χ0n) is 10.7. The van der Waals surface area contributed by atoms with Crippen molar-refractivity contribution in [2.24, 2.45) is 0 Å². The smallest absolute Gasteiger partial charge is 0.269 e. The van der Waals surface area contributed by atoms with Crippen LogP contribution in [0.3, 0.4) is 0 Å². The van der Waals surface area contributed by atoms with Crippen LogP contribution in [0.4, 0.5) is 11.6 Å². The van der Waals surface area contributed by atoms with Gasteiger partial charge in [-0.1, -0.05) is 12.1 Å².